The number of fused-ring (bicyclic) bond motifs is 1. The van der Waals surface area contributed by atoms with E-state index in [2.05, 4.69) is 0 Å². The number of carbonyl (C=O) groups is 1. The number of ether oxygens (including phenoxy) is 1. The second-order valence-corrected chi connectivity index (χ2v) is 13.8. The van der Waals surface area contributed by atoms with Crippen molar-refractivity contribution in [2.45, 2.75) is 11.8 Å². The van der Waals surface area contributed by atoms with Gasteiger partial charge in [-0.15, -0.1) is 0 Å². The van der Waals surface area contributed by atoms with Crippen LogP contribution in [0.1, 0.15) is 15.9 Å². The molecule has 0 radical (unpaired) electrons. The van der Waals surface area contributed by atoms with Crippen LogP contribution in [0.3, 0.4) is 0 Å². The number of esters is 1. The molecule has 0 aliphatic rings. The normalized spacial score (nSPS) is 11.3. The molecular weight excluding hydrogens is 550 g/mol. The van der Waals surface area contributed by atoms with Crippen molar-refractivity contribution in [1.82, 2.24) is 3.97 Å². The number of aryl methyl sites for hydroxylation is 1. The summed E-state index contributed by atoms with van der Waals surface area (Å²) < 4.78 is 33.0. The van der Waals surface area contributed by atoms with Crippen molar-refractivity contribution < 1.29 is 41.3 Å². The van der Waals surface area contributed by atoms with E-state index in [4.69, 9.17) is 13.0 Å². The van der Waals surface area contributed by atoms with Crippen LogP contribution in [-0.4, -0.2) is 25.5 Å². The molecule has 1 heterocycles. The standard InChI is InChI=1S/C17H14NO4S.ClH.Hg/c1-12-7-9-13(10-8-12)23(20,21)18-11-15(17(19)22-2)14-5-3-4-6-16(14)18;;/h3-4,6-11H,1-2H3;1H;/q;;+1/p-1. The first-order valence-electron chi connectivity index (χ1n) is 7.49. The van der Waals surface area contributed by atoms with Gasteiger partial charge in [-0.25, -0.2) is 0 Å². The average Bonchev–Trinajstić information content (AvgIpc) is 3.02. The van der Waals surface area contributed by atoms with E-state index in [1.54, 1.807) is 36.4 Å². The van der Waals surface area contributed by atoms with E-state index < -0.39 is 39.3 Å². The van der Waals surface area contributed by atoms with Gasteiger partial charge in [0.05, 0.1) is 0 Å². The Morgan fingerprint density at radius 1 is 1.16 bits per heavy atom. The molecule has 0 aliphatic heterocycles. The monoisotopic (exact) mass is 565 g/mol. The van der Waals surface area contributed by atoms with Gasteiger partial charge in [0.25, 0.3) is 0 Å². The molecule has 0 saturated carbocycles. The van der Waals surface area contributed by atoms with Crippen LogP contribution < -0.4 is 3.07 Å². The molecule has 126 valence electrons. The minimum atomic E-state index is -3.84. The zero-order chi connectivity index (χ0) is 18.2. The zero-order valence-electron chi connectivity index (χ0n) is 13.7. The van der Waals surface area contributed by atoms with Crippen molar-refractivity contribution in [3.63, 3.8) is 0 Å². The minimum absolute atomic E-state index is 0.160. The summed E-state index contributed by atoms with van der Waals surface area (Å²) in [6.07, 6.45) is 1.33. The van der Waals surface area contributed by atoms with E-state index in [0.717, 1.165) is 12.6 Å². The number of methoxy groups -OCH3 is 1. The number of hydrogen-bond donors (Lipinski definition) is 0. The van der Waals surface area contributed by atoms with Crippen LogP contribution in [0.15, 0.2) is 53.6 Å². The van der Waals surface area contributed by atoms with Gasteiger partial charge in [0.1, 0.15) is 0 Å². The van der Waals surface area contributed by atoms with Crippen LogP contribution in [0.4, 0.5) is 0 Å². The number of aromatic nitrogens is 1. The summed E-state index contributed by atoms with van der Waals surface area (Å²) in [4.78, 5) is 12.3. The summed E-state index contributed by atoms with van der Waals surface area (Å²) in [5.74, 6) is -0.575. The number of nitrogens with zero attached hydrogens (tertiary/aromatic N) is 1. The molecular formula is C17H14ClHgNO4S. The van der Waals surface area contributed by atoms with Crippen LogP contribution in [0, 0.1) is 6.92 Å². The Balaban J connectivity index is 2.33. The van der Waals surface area contributed by atoms with Crippen LogP contribution in [-0.2, 0) is 38.1 Å². The first-order valence-corrected chi connectivity index (χ1v) is 18.5. The van der Waals surface area contributed by atoms with Gasteiger partial charge in [-0.2, -0.15) is 0 Å². The van der Waals surface area contributed by atoms with Crippen LogP contribution in [0.25, 0.3) is 10.9 Å². The molecule has 0 saturated heterocycles. The zero-order valence-corrected chi connectivity index (χ0v) is 20.8. The third-order valence-corrected chi connectivity index (χ3v) is 11.6. The Hall–Kier alpha value is -1.37. The van der Waals surface area contributed by atoms with E-state index in [9.17, 15) is 13.2 Å². The molecule has 2 aromatic carbocycles. The summed E-state index contributed by atoms with van der Waals surface area (Å²) >= 11 is -1.90. The molecule has 0 aliphatic carbocycles. The Bertz CT molecular complexity index is 1060. The van der Waals surface area contributed by atoms with E-state index in [1.165, 1.54) is 13.3 Å². The number of carbonyl (C=O) groups excluding carboxylic acids is 1. The molecule has 3 rings (SSSR count). The van der Waals surface area contributed by atoms with Gasteiger partial charge in [-0.3, -0.25) is 0 Å². The summed E-state index contributed by atoms with van der Waals surface area (Å²) in [7, 11) is 3.63. The van der Waals surface area contributed by atoms with Crippen LogP contribution in [0.2, 0.25) is 0 Å². The SMILES string of the molecule is COC(=O)c1cn(S(=O)(=O)c2ccc(C)cc2)c2ccc[c]([Hg][Cl])c12. The average molecular weight is 564 g/mol. The number of halogens is 1. The van der Waals surface area contributed by atoms with Crippen molar-refractivity contribution in [2.75, 3.05) is 7.11 Å². The molecule has 0 N–H and O–H groups in total. The quantitative estimate of drug-likeness (QED) is 0.362. The molecule has 3 aromatic rings. The molecule has 0 fully saturated rings. The molecule has 0 spiro atoms. The van der Waals surface area contributed by atoms with E-state index >= 15 is 0 Å². The molecule has 8 heteroatoms. The maximum atomic E-state index is 13.1. The second-order valence-electron chi connectivity index (χ2n) is 5.59. The van der Waals surface area contributed by atoms with Crippen molar-refractivity contribution in [1.29, 1.82) is 0 Å². The first-order chi connectivity index (χ1) is 11.9. The fourth-order valence-corrected chi connectivity index (χ4v) is 8.89. The number of rotatable bonds is 4. The molecule has 1 aromatic heterocycles. The van der Waals surface area contributed by atoms with Gasteiger partial charge in [0.15, 0.2) is 0 Å². The van der Waals surface area contributed by atoms with E-state index in [-0.39, 0.29) is 10.5 Å². The molecule has 0 amide bonds. The van der Waals surface area contributed by atoms with Gasteiger partial charge in [-0.1, -0.05) is 0 Å². The Morgan fingerprint density at radius 3 is 2.44 bits per heavy atom. The van der Waals surface area contributed by atoms with Gasteiger partial charge < -0.3 is 0 Å². The fourth-order valence-electron chi connectivity index (χ4n) is 2.73. The van der Waals surface area contributed by atoms with E-state index in [0.29, 0.717) is 10.9 Å². The van der Waals surface area contributed by atoms with Gasteiger partial charge in [-0.05, 0) is 0 Å². The predicted octanol–water partition coefficient (Wildman–Crippen LogP) is 2.83. The summed E-state index contributed by atoms with van der Waals surface area (Å²) in [5.41, 5.74) is 1.63. The third kappa shape index (κ3) is 3.23. The Labute approximate surface area is 161 Å². The van der Waals surface area contributed by atoms with Gasteiger partial charge >= 0.3 is 162 Å². The molecule has 25 heavy (non-hydrogen) atoms. The number of benzene rings is 2. The van der Waals surface area contributed by atoms with Crippen molar-refractivity contribution >= 4 is 38.2 Å². The van der Waals surface area contributed by atoms with Crippen LogP contribution in [0.5, 0.6) is 0 Å². The molecule has 0 atom stereocenters. The predicted molar refractivity (Wildman–Crippen MR) is 92.5 cm³/mol. The van der Waals surface area contributed by atoms with E-state index in [1.807, 2.05) is 13.0 Å². The third-order valence-electron chi connectivity index (χ3n) is 4.01. The Kier molecular flexibility index (Phi) is 5.22. The summed E-state index contributed by atoms with van der Waals surface area (Å²) in [6, 6.07) is 11.9. The topological polar surface area (TPSA) is 65.4 Å². The van der Waals surface area contributed by atoms with Crippen LogP contribution >= 0.6 is 8.25 Å². The van der Waals surface area contributed by atoms with Crippen molar-refractivity contribution in [2.24, 2.45) is 0 Å². The summed E-state index contributed by atoms with van der Waals surface area (Å²) in [6.45, 7) is 1.89. The first kappa shape index (κ1) is 18.4. The summed E-state index contributed by atoms with van der Waals surface area (Å²) in [5, 5.41) is 0.585. The van der Waals surface area contributed by atoms with Crippen molar-refractivity contribution in [3.05, 3.63) is 59.8 Å². The maximum absolute atomic E-state index is 13.1. The number of hydrogen-bond acceptors (Lipinski definition) is 4. The fraction of sp³-hybridized carbons (Fsp3) is 0.118. The van der Waals surface area contributed by atoms with Crippen molar-refractivity contribution in [3.8, 4) is 0 Å². The molecule has 5 nitrogen and oxygen atoms in total. The second kappa shape index (κ2) is 7.09. The van der Waals surface area contributed by atoms with Gasteiger partial charge in [0.2, 0.25) is 0 Å². The molecule has 0 bridgehead atoms. The Morgan fingerprint density at radius 2 is 1.84 bits per heavy atom. The van der Waals surface area contributed by atoms with Gasteiger partial charge in [0, 0.05) is 0 Å². The molecule has 0 unspecified atom stereocenters.